The number of hydrogen-bond donors (Lipinski definition) is 3. The Bertz CT molecular complexity index is 464. The molecule has 0 amide bonds. The van der Waals surface area contributed by atoms with Crippen molar-refractivity contribution in [3.8, 4) is 0 Å². The van der Waals surface area contributed by atoms with Crippen LogP contribution >= 0.6 is 7.82 Å². The van der Waals surface area contributed by atoms with Crippen LogP contribution in [-0.4, -0.2) is 45.7 Å². The Labute approximate surface area is 115 Å². The van der Waals surface area contributed by atoms with Gasteiger partial charge in [-0.2, -0.15) is 0 Å². The zero-order valence-electron chi connectivity index (χ0n) is 11.1. The number of phosphoric acid groups is 1. The fourth-order valence-electron chi connectivity index (χ4n) is 1.34. The van der Waals surface area contributed by atoms with Crippen molar-refractivity contribution in [1.29, 1.82) is 0 Å². The van der Waals surface area contributed by atoms with E-state index in [0.717, 1.165) is 0 Å². The van der Waals surface area contributed by atoms with Gasteiger partial charge in [-0.15, -0.1) is 0 Å². The molecular formula is C10H16O9P-. The molecule has 116 valence electrons. The van der Waals surface area contributed by atoms with Crippen molar-refractivity contribution in [2.75, 3.05) is 6.61 Å². The number of carbonyl (C=O) groups excluding carboxylic acids is 1. The second kappa shape index (κ2) is 5.71. The van der Waals surface area contributed by atoms with E-state index in [0.29, 0.717) is 0 Å². The summed E-state index contributed by atoms with van der Waals surface area (Å²) in [7, 11) is -4.67. The molecule has 0 saturated heterocycles. The normalized spacial score (nSPS) is 24.4. The lowest BCUT2D eigenvalue weighted by atomic mass is 10.2. The molecule has 0 saturated carbocycles. The highest BCUT2D eigenvalue weighted by Gasteiger charge is 2.39. The number of rotatable bonds is 5. The van der Waals surface area contributed by atoms with Crippen LogP contribution in [0.25, 0.3) is 0 Å². The van der Waals surface area contributed by atoms with E-state index in [4.69, 9.17) is 5.11 Å². The van der Waals surface area contributed by atoms with E-state index in [9.17, 15) is 24.5 Å². The Kier molecular flexibility index (Phi) is 4.83. The molecule has 0 bridgehead atoms. The number of aliphatic hydroxyl groups is 3. The molecule has 1 unspecified atom stereocenters. The molecule has 0 aromatic carbocycles. The minimum absolute atomic E-state index is 0.813. The number of esters is 1. The maximum absolute atomic E-state index is 11.4. The lowest BCUT2D eigenvalue weighted by molar-refractivity contribution is -0.236. The summed E-state index contributed by atoms with van der Waals surface area (Å²) in [5.74, 6) is -3.14. The summed E-state index contributed by atoms with van der Waals surface area (Å²) >= 11 is 0. The van der Waals surface area contributed by atoms with Crippen LogP contribution in [0.2, 0.25) is 0 Å². The van der Waals surface area contributed by atoms with Gasteiger partial charge < -0.3 is 34.0 Å². The summed E-state index contributed by atoms with van der Waals surface area (Å²) in [6.07, 6.45) is -3.27. The molecule has 20 heavy (non-hydrogen) atoms. The standard InChI is InChI=1S/C10H17O9P/c1-10(2,3)19-20(15,16)17-4-5(11)8-6(12)7(13)9(14)18-8/h5,8,11-13H,4H2,1-3H3,(H,15,16)/p-1/t5-,8+/m0/s1. The highest BCUT2D eigenvalue weighted by atomic mass is 31.2. The van der Waals surface area contributed by atoms with Crippen LogP contribution < -0.4 is 4.89 Å². The minimum atomic E-state index is -4.67. The van der Waals surface area contributed by atoms with Crippen molar-refractivity contribution >= 4 is 13.8 Å². The van der Waals surface area contributed by atoms with Crippen LogP contribution in [0, 0.1) is 0 Å². The van der Waals surface area contributed by atoms with Crippen molar-refractivity contribution < 1.29 is 43.4 Å². The molecule has 0 fully saturated rings. The smallest absolute Gasteiger partial charge is 0.377 e. The molecule has 3 atom stereocenters. The predicted molar refractivity (Wildman–Crippen MR) is 62.6 cm³/mol. The van der Waals surface area contributed by atoms with Gasteiger partial charge >= 0.3 is 5.97 Å². The van der Waals surface area contributed by atoms with Crippen LogP contribution in [0.3, 0.4) is 0 Å². The van der Waals surface area contributed by atoms with Gasteiger partial charge in [-0.25, -0.2) is 4.79 Å². The van der Waals surface area contributed by atoms with Gasteiger partial charge in [0.15, 0.2) is 11.9 Å². The van der Waals surface area contributed by atoms with E-state index >= 15 is 0 Å². The van der Waals surface area contributed by atoms with Gasteiger partial charge in [-0.3, -0.25) is 4.57 Å². The summed E-state index contributed by atoms with van der Waals surface area (Å²) in [4.78, 5) is 22.3. The Morgan fingerprint density at radius 2 is 2.00 bits per heavy atom. The average Bonchev–Trinajstić information content (AvgIpc) is 2.51. The minimum Gasteiger partial charge on any atom is -0.756 e. The third kappa shape index (κ3) is 4.46. The Hall–Kier alpha value is -1.12. The van der Waals surface area contributed by atoms with Gasteiger partial charge in [0.25, 0.3) is 7.82 Å². The molecular weight excluding hydrogens is 295 g/mol. The first-order valence-corrected chi connectivity index (χ1v) is 7.06. The van der Waals surface area contributed by atoms with E-state index in [2.05, 4.69) is 13.8 Å². The lowest BCUT2D eigenvalue weighted by Gasteiger charge is -2.31. The number of hydrogen-bond acceptors (Lipinski definition) is 9. The Morgan fingerprint density at radius 3 is 2.40 bits per heavy atom. The summed E-state index contributed by atoms with van der Waals surface area (Å²) < 4.78 is 24.9. The van der Waals surface area contributed by atoms with Crippen molar-refractivity contribution in [3.63, 3.8) is 0 Å². The van der Waals surface area contributed by atoms with E-state index in [-0.39, 0.29) is 0 Å². The van der Waals surface area contributed by atoms with Crippen molar-refractivity contribution in [3.05, 3.63) is 11.5 Å². The van der Waals surface area contributed by atoms with Crippen molar-refractivity contribution in [1.82, 2.24) is 0 Å². The zero-order valence-corrected chi connectivity index (χ0v) is 12.0. The van der Waals surface area contributed by atoms with Gasteiger partial charge in [0.05, 0.1) is 12.2 Å². The van der Waals surface area contributed by atoms with Gasteiger partial charge in [0.1, 0.15) is 6.10 Å². The van der Waals surface area contributed by atoms with Gasteiger partial charge in [-0.05, 0) is 20.8 Å². The molecule has 3 N–H and O–H groups in total. The molecule has 0 aliphatic carbocycles. The Balaban J connectivity index is 2.59. The molecule has 0 radical (unpaired) electrons. The first-order chi connectivity index (χ1) is 8.93. The van der Waals surface area contributed by atoms with Crippen molar-refractivity contribution in [2.24, 2.45) is 0 Å². The molecule has 9 nitrogen and oxygen atoms in total. The second-order valence-electron chi connectivity index (χ2n) is 5.07. The highest BCUT2D eigenvalue weighted by Crippen LogP contribution is 2.43. The van der Waals surface area contributed by atoms with Crippen LogP contribution in [-0.2, 0) is 23.1 Å². The van der Waals surface area contributed by atoms with Gasteiger partial charge in [-0.1, -0.05) is 0 Å². The topological polar surface area (TPSA) is 146 Å². The molecule has 10 heteroatoms. The average molecular weight is 311 g/mol. The SMILES string of the molecule is CC(C)(C)OP(=O)([O-])OC[C@H](O)[C@H]1OC(=O)C(O)=C1O. The van der Waals surface area contributed by atoms with Gasteiger partial charge in [0, 0.05) is 0 Å². The van der Waals surface area contributed by atoms with Crippen molar-refractivity contribution in [2.45, 2.75) is 38.6 Å². The summed E-state index contributed by atoms with van der Waals surface area (Å²) in [6.45, 7) is 3.65. The quantitative estimate of drug-likeness (QED) is 0.468. The lowest BCUT2D eigenvalue weighted by Crippen LogP contribution is -2.33. The van der Waals surface area contributed by atoms with E-state index in [1.54, 1.807) is 0 Å². The monoisotopic (exact) mass is 311 g/mol. The molecule has 0 aromatic rings. The largest absolute Gasteiger partial charge is 0.756 e. The molecule has 1 heterocycles. The highest BCUT2D eigenvalue weighted by molar-refractivity contribution is 7.45. The number of carbonyl (C=O) groups is 1. The first-order valence-electron chi connectivity index (χ1n) is 5.60. The Morgan fingerprint density at radius 1 is 1.45 bits per heavy atom. The van der Waals surface area contributed by atoms with E-state index in [1.807, 2.05) is 0 Å². The molecule has 0 aromatic heterocycles. The van der Waals surface area contributed by atoms with Crippen LogP contribution in [0.4, 0.5) is 0 Å². The molecule has 1 rings (SSSR count). The van der Waals surface area contributed by atoms with Crippen LogP contribution in [0.5, 0.6) is 0 Å². The van der Waals surface area contributed by atoms with Crippen LogP contribution in [0.15, 0.2) is 11.5 Å². The first kappa shape index (κ1) is 16.9. The van der Waals surface area contributed by atoms with Crippen LogP contribution in [0.1, 0.15) is 20.8 Å². The fraction of sp³-hybridized carbons (Fsp3) is 0.700. The number of ether oxygens (including phenoxy) is 1. The summed E-state index contributed by atoms with van der Waals surface area (Å²) in [5, 5.41) is 27.9. The summed E-state index contributed by atoms with van der Waals surface area (Å²) in [5.41, 5.74) is -1.01. The van der Waals surface area contributed by atoms with Gasteiger partial charge in [0.2, 0.25) is 5.76 Å². The third-order valence-electron chi connectivity index (χ3n) is 2.08. The number of cyclic esters (lactones) is 1. The number of aliphatic hydroxyl groups excluding tert-OH is 3. The van der Waals surface area contributed by atoms with E-state index in [1.165, 1.54) is 20.8 Å². The fourth-order valence-corrected chi connectivity index (χ4v) is 2.40. The molecule has 1 aliphatic rings. The molecule has 0 spiro atoms. The van der Waals surface area contributed by atoms with E-state index < -0.39 is 49.7 Å². The predicted octanol–water partition coefficient (Wildman–Crippen LogP) is -0.0996. The molecule has 1 aliphatic heterocycles. The zero-order chi connectivity index (χ0) is 15.7. The number of phosphoric ester groups is 1. The summed E-state index contributed by atoms with van der Waals surface area (Å²) in [6, 6.07) is 0. The third-order valence-corrected chi connectivity index (χ3v) is 3.31. The second-order valence-corrected chi connectivity index (χ2v) is 6.41. The maximum atomic E-state index is 11.4. The maximum Gasteiger partial charge on any atom is 0.377 e.